The fraction of sp³-hybridized carbons (Fsp3) is 0.404. The van der Waals surface area contributed by atoms with Crippen molar-refractivity contribution in [3.63, 3.8) is 0 Å². The minimum absolute atomic E-state index is 0.0919. The first kappa shape index (κ1) is 40.4. The number of nitrogens with one attached hydrogen (secondary N) is 4. The quantitative estimate of drug-likeness (QED) is 0.112. The van der Waals surface area contributed by atoms with Gasteiger partial charge in [0.1, 0.15) is 23.2 Å². The van der Waals surface area contributed by atoms with Gasteiger partial charge in [0, 0.05) is 92.9 Å². The van der Waals surface area contributed by atoms with Gasteiger partial charge in [-0.1, -0.05) is 25.1 Å². The molecule has 5 amide bonds. The first-order valence-corrected chi connectivity index (χ1v) is 22.1. The number of hydrogen-bond donors (Lipinski definition) is 4. The summed E-state index contributed by atoms with van der Waals surface area (Å²) in [5, 5.41) is 11.7. The minimum Gasteiger partial charge on any atom is -0.371 e. The van der Waals surface area contributed by atoms with Crippen molar-refractivity contribution in [2.75, 3.05) is 66.2 Å². The van der Waals surface area contributed by atoms with Crippen LogP contribution in [-0.4, -0.2) is 112 Å². The first-order valence-electron chi connectivity index (χ1n) is 22.1. The van der Waals surface area contributed by atoms with Gasteiger partial charge in [-0.05, 0) is 86.6 Å². The lowest BCUT2D eigenvalue weighted by atomic mass is 9.71. The molecule has 7 heterocycles. The van der Waals surface area contributed by atoms with Crippen LogP contribution in [0.15, 0.2) is 73.4 Å². The average Bonchev–Trinajstić information content (AvgIpc) is 3.79. The van der Waals surface area contributed by atoms with Gasteiger partial charge in [0.2, 0.25) is 17.8 Å². The molecule has 4 N–H and O–H groups in total. The summed E-state index contributed by atoms with van der Waals surface area (Å²) in [5.41, 5.74) is 6.26. The van der Waals surface area contributed by atoms with Gasteiger partial charge in [-0.15, -0.1) is 6.58 Å². The zero-order valence-corrected chi connectivity index (χ0v) is 35.4. The highest BCUT2D eigenvalue weighted by Crippen LogP contribution is 2.46. The second-order valence-electron chi connectivity index (χ2n) is 17.8. The molecule has 2 atom stereocenters. The fourth-order valence-corrected chi connectivity index (χ4v) is 10.4. The molecule has 4 saturated heterocycles. The van der Waals surface area contributed by atoms with Crippen molar-refractivity contribution in [3.05, 3.63) is 101 Å². The van der Waals surface area contributed by atoms with E-state index in [9.17, 15) is 24.0 Å². The van der Waals surface area contributed by atoms with Crippen molar-refractivity contribution < 1.29 is 24.0 Å². The molecule has 10 rings (SSSR count). The van der Waals surface area contributed by atoms with Gasteiger partial charge in [-0.2, -0.15) is 4.98 Å². The maximum Gasteiger partial charge on any atom is 0.264 e. The van der Waals surface area contributed by atoms with Crippen molar-refractivity contribution in [1.82, 2.24) is 35.4 Å². The molecule has 1 spiro atoms. The molecule has 2 aromatic carbocycles. The van der Waals surface area contributed by atoms with Crippen molar-refractivity contribution in [2.24, 2.45) is 5.41 Å². The molecule has 1 aliphatic carbocycles. The van der Waals surface area contributed by atoms with Gasteiger partial charge in [0.25, 0.3) is 17.7 Å². The van der Waals surface area contributed by atoms with Crippen molar-refractivity contribution in [1.29, 1.82) is 0 Å². The molecule has 0 saturated carbocycles. The van der Waals surface area contributed by atoms with Gasteiger partial charge in [-0.3, -0.25) is 39.1 Å². The SMILES string of the molecule is C=CCNC(=O)c1cnc(Nc2ccc(N3CCC(N4CC5(CN(c6cccc7c6C(=O)N(C6CCC(=O)NC6=O)C7=O)C5)C4)CC3)cc2)nc1Nc1ccc2c(n1)C(CC)CC2. The Balaban J connectivity index is 0.728. The van der Waals surface area contributed by atoms with Gasteiger partial charge in [0.05, 0.1) is 16.8 Å². The number of aromatic nitrogens is 3. The maximum atomic E-state index is 13.7. The monoisotopic (exact) mass is 849 g/mol. The molecule has 4 aromatic rings. The Bertz CT molecular complexity index is 2520. The van der Waals surface area contributed by atoms with E-state index >= 15 is 0 Å². The van der Waals surface area contributed by atoms with Crippen LogP contribution in [0, 0.1) is 5.41 Å². The lowest BCUT2D eigenvalue weighted by molar-refractivity contribution is -0.136. The minimum atomic E-state index is -0.979. The molecule has 16 heteroatoms. The predicted octanol–water partition coefficient (Wildman–Crippen LogP) is 4.91. The van der Waals surface area contributed by atoms with Crippen LogP contribution < -0.4 is 31.1 Å². The van der Waals surface area contributed by atoms with E-state index in [0.717, 1.165) is 99.0 Å². The normalized spacial score (nSPS) is 21.7. The average molecular weight is 850 g/mol. The summed E-state index contributed by atoms with van der Waals surface area (Å²) in [6.45, 7) is 11.7. The number of anilines is 6. The third kappa shape index (κ3) is 7.45. The van der Waals surface area contributed by atoms with Crippen LogP contribution in [0.5, 0.6) is 0 Å². The molecule has 0 bridgehead atoms. The predicted molar refractivity (Wildman–Crippen MR) is 238 cm³/mol. The summed E-state index contributed by atoms with van der Waals surface area (Å²) in [6.07, 6.45) is 8.67. The van der Waals surface area contributed by atoms with Gasteiger partial charge >= 0.3 is 0 Å². The summed E-state index contributed by atoms with van der Waals surface area (Å²) >= 11 is 0. The lowest BCUT2D eigenvalue weighted by Crippen LogP contribution is -2.74. The number of pyridine rings is 1. The van der Waals surface area contributed by atoms with E-state index < -0.39 is 23.8 Å². The van der Waals surface area contributed by atoms with E-state index in [1.807, 2.05) is 24.3 Å². The fourth-order valence-electron chi connectivity index (χ4n) is 10.4. The van der Waals surface area contributed by atoms with Crippen LogP contribution in [0.25, 0.3) is 0 Å². The Morgan fingerprint density at radius 3 is 2.43 bits per heavy atom. The number of hydrogen-bond acceptors (Lipinski definition) is 13. The van der Waals surface area contributed by atoms with E-state index in [1.165, 1.54) is 11.8 Å². The summed E-state index contributed by atoms with van der Waals surface area (Å²) in [4.78, 5) is 86.8. The lowest BCUT2D eigenvalue weighted by Gasteiger charge is -2.63. The van der Waals surface area contributed by atoms with Crippen LogP contribution in [0.1, 0.15) is 93.7 Å². The van der Waals surface area contributed by atoms with E-state index in [4.69, 9.17) is 9.97 Å². The molecular formula is C47H51N11O5. The topological polar surface area (TPSA) is 185 Å². The van der Waals surface area contributed by atoms with Gasteiger partial charge < -0.3 is 25.8 Å². The summed E-state index contributed by atoms with van der Waals surface area (Å²) in [7, 11) is 0. The third-order valence-electron chi connectivity index (χ3n) is 13.7. The second kappa shape index (κ2) is 16.2. The van der Waals surface area contributed by atoms with E-state index in [0.29, 0.717) is 52.8 Å². The summed E-state index contributed by atoms with van der Waals surface area (Å²) in [6, 6.07) is 17.2. The number of carbonyl (C=O) groups excluding carboxylic acids is 5. The Labute approximate surface area is 365 Å². The van der Waals surface area contributed by atoms with Crippen molar-refractivity contribution >= 4 is 64.2 Å². The number of nitrogens with zero attached hydrogens (tertiary/aromatic N) is 7. The number of amides is 5. The molecule has 4 fully saturated rings. The van der Waals surface area contributed by atoms with E-state index in [1.54, 1.807) is 18.2 Å². The standard InChI is InChI=1S/C47H51N11O5/c1-3-20-48-42(60)34-23-49-46(54-41(34)52-37-16-10-29-9-8-28(4-2)40(29)51-37)50-30-11-13-31(14-12-30)55-21-18-32(19-22-55)56-24-47(25-56)26-57(27-47)35-7-5-6-33-39(35)45(63)58(44(33)62)36-15-17-38(59)53-43(36)61/h3,5-7,10-14,16,23,28,32,36H,1,4,8-9,15,17-22,24-27H2,2H3,(H,48,60)(H,53,59,61)(H2,49,50,51,52,54). The molecular weight excluding hydrogens is 799 g/mol. The molecule has 2 aromatic heterocycles. The smallest absolute Gasteiger partial charge is 0.264 e. The number of likely N-dealkylation sites (tertiary alicyclic amines) is 1. The van der Waals surface area contributed by atoms with Gasteiger partial charge in [-0.25, -0.2) is 9.97 Å². The number of aryl methyl sites for hydroxylation is 1. The molecule has 6 aliphatic rings. The van der Waals surface area contributed by atoms with Gasteiger partial charge in [0.15, 0.2) is 0 Å². The molecule has 2 unspecified atom stereocenters. The Hall–Kier alpha value is -6.68. The van der Waals surface area contributed by atoms with Crippen LogP contribution >= 0.6 is 0 Å². The number of benzene rings is 2. The van der Waals surface area contributed by atoms with Crippen LogP contribution in [0.3, 0.4) is 0 Å². The highest BCUT2D eigenvalue weighted by molar-refractivity contribution is 6.25. The van der Waals surface area contributed by atoms with Crippen molar-refractivity contribution in [3.8, 4) is 0 Å². The molecule has 63 heavy (non-hydrogen) atoms. The summed E-state index contributed by atoms with van der Waals surface area (Å²) in [5.74, 6) is -0.444. The number of rotatable bonds is 12. The Kier molecular flexibility index (Phi) is 10.4. The van der Waals surface area contributed by atoms with Crippen molar-refractivity contribution in [2.45, 2.75) is 69.9 Å². The summed E-state index contributed by atoms with van der Waals surface area (Å²) < 4.78 is 0. The molecule has 16 nitrogen and oxygen atoms in total. The number of carbonyl (C=O) groups is 5. The number of piperidine rings is 2. The van der Waals surface area contributed by atoms with Crippen LogP contribution in [0.4, 0.5) is 34.6 Å². The number of fused-ring (bicyclic) bond motifs is 2. The van der Waals surface area contributed by atoms with E-state index in [-0.39, 0.29) is 30.1 Å². The maximum absolute atomic E-state index is 13.7. The Morgan fingerprint density at radius 2 is 1.68 bits per heavy atom. The van der Waals surface area contributed by atoms with E-state index in [2.05, 4.69) is 72.7 Å². The Morgan fingerprint density at radius 1 is 0.889 bits per heavy atom. The molecule has 5 aliphatic heterocycles. The first-order chi connectivity index (χ1) is 30.6. The van der Waals surface area contributed by atoms with Crippen LogP contribution in [-0.2, 0) is 16.0 Å². The molecule has 0 radical (unpaired) electrons. The number of imide groups is 2. The zero-order valence-electron chi connectivity index (χ0n) is 35.4. The third-order valence-corrected chi connectivity index (χ3v) is 13.7. The zero-order chi connectivity index (χ0) is 43.4. The largest absolute Gasteiger partial charge is 0.371 e. The van der Waals surface area contributed by atoms with Crippen LogP contribution in [0.2, 0.25) is 0 Å². The highest BCUT2D eigenvalue weighted by atomic mass is 16.2. The highest BCUT2D eigenvalue weighted by Gasteiger charge is 2.55. The second-order valence-corrected chi connectivity index (χ2v) is 17.8. The molecule has 324 valence electrons.